The van der Waals surface area contributed by atoms with Gasteiger partial charge in [-0.1, -0.05) is 31.0 Å². The van der Waals surface area contributed by atoms with Crippen LogP contribution in [0.15, 0.2) is 18.2 Å². The van der Waals surface area contributed by atoms with Gasteiger partial charge in [0.25, 0.3) is 0 Å². The monoisotopic (exact) mass is 185 g/mol. The fourth-order valence-electron chi connectivity index (χ4n) is 2.42. The van der Waals surface area contributed by atoms with E-state index >= 15 is 0 Å². The van der Waals surface area contributed by atoms with Crippen LogP contribution in [0, 0.1) is 6.07 Å². The molecule has 0 heterocycles. The van der Waals surface area contributed by atoms with E-state index in [4.69, 9.17) is 0 Å². The van der Waals surface area contributed by atoms with Gasteiger partial charge in [-0.3, -0.25) is 0 Å². The van der Waals surface area contributed by atoms with E-state index in [9.17, 15) is 0 Å². The molecule has 0 aliphatic heterocycles. The van der Waals surface area contributed by atoms with Gasteiger partial charge in [0.05, 0.1) is 0 Å². The predicted molar refractivity (Wildman–Crippen MR) is 58.5 cm³/mol. The summed E-state index contributed by atoms with van der Waals surface area (Å²) < 4.78 is 0. The van der Waals surface area contributed by atoms with E-state index in [-0.39, 0.29) is 0 Å². The van der Waals surface area contributed by atoms with Crippen molar-refractivity contribution >= 4 is 0 Å². The normalized spacial score (nSPS) is 22.9. The van der Waals surface area contributed by atoms with Crippen molar-refractivity contribution in [3.63, 3.8) is 0 Å². The van der Waals surface area contributed by atoms with Crippen molar-refractivity contribution in [1.29, 1.82) is 0 Å². The molecular weight excluding hydrogens is 168 g/mol. The third kappa shape index (κ3) is 1.37. The maximum absolute atomic E-state index is 3.65. The van der Waals surface area contributed by atoms with Crippen LogP contribution in [-0.4, -0.2) is 0 Å². The average molecular weight is 185 g/mol. The minimum absolute atomic E-state index is 0.843. The minimum atomic E-state index is 0.843. The van der Waals surface area contributed by atoms with Crippen LogP contribution >= 0.6 is 0 Å². The second kappa shape index (κ2) is 3.42. The minimum Gasteiger partial charge on any atom is -0.0617 e. The van der Waals surface area contributed by atoms with E-state index < -0.39 is 0 Å². The van der Waals surface area contributed by atoms with Gasteiger partial charge in [-0.25, -0.2) is 0 Å². The van der Waals surface area contributed by atoms with Crippen LogP contribution in [-0.2, 0) is 0 Å². The molecule has 0 bridgehead atoms. The molecule has 0 heteroatoms. The van der Waals surface area contributed by atoms with Gasteiger partial charge in [0.15, 0.2) is 0 Å². The Balaban J connectivity index is 1.82. The predicted octanol–water partition coefficient (Wildman–Crippen LogP) is 4.02. The molecule has 0 atom stereocenters. The lowest BCUT2D eigenvalue weighted by Gasteiger charge is -2.29. The molecule has 14 heavy (non-hydrogen) atoms. The van der Waals surface area contributed by atoms with E-state index in [1.807, 2.05) is 0 Å². The van der Waals surface area contributed by atoms with E-state index in [0.717, 1.165) is 11.8 Å². The van der Waals surface area contributed by atoms with Gasteiger partial charge in [-0.05, 0) is 54.7 Å². The van der Waals surface area contributed by atoms with Crippen molar-refractivity contribution in [1.82, 2.24) is 0 Å². The second-order valence-electron chi connectivity index (χ2n) is 4.82. The Morgan fingerprint density at radius 1 is 0.857 bits per heavy atom. The Morgan fingerprint density at radius 3 is 1.71 bits per heavy atom. The Morgan fingerprint density at radius 2 is 1.36 bits per heavy atom. The highest BCUT2D eigenvalue weighted by Gasteiger charge is 2.23. The zero-order valence-electron chi connectivity index (χ0n) is 8.63. The van der Waals surface area contributed by atoms with Crippen molar-refractivity contribution in [2.75, 3.05) is 0 Å². The first kappa shape index (κ1) is 8.52. The molecule has 1 aromatic carbocycles. The summed E-state index contributed by atoms with van der Waals surface area (Å²) in [6, 6.07) is 10.4. The molecule has 2 aliphatic rings. The standard InChI is InChI=1S/C14H17/c1-4-11(5-1)13-8-3-9-14(10-13)12-6-2-7-12/h3,8-9,11-12H,1-2,4-7H2. The van der Waals surface area contributed by atoms with Crippen LogP contribution in [0.25, 0.3) is 0 Å². The number of benzene rings is 1. The Labute approximate surface area is 86.3 Å². The third-order valence-corrected chi connectivity index (χ3v) is 3.93. The molecule has 0 saturated heterocycles. The van der Waals surface area contributed by atoms with Gasteiger partial charge in [0.1, 0.15) is 0 Å². The molecule has 0 unspecified atom stereocenters. The van der Waals surface area contributed by atoms with Crippen molar-refractivity contribution < 1.29 is 0 Å². The van der Waals surface area contributed by atoms with Crippen LogP contribution in [0.2, 0.25) is 0 Å². The number of rotatable bonds is 2. The maximum atomic E-state index is 3.65. The van der Waals surface area contributed by atoms with Crippen molar-refractivity contribution in [3.05, 3.63) is 35.4 Å². The first-order chi connectivity index (χ1) is 6.93. The Kier molecular flexibility index (Phi) is 2.08. The summed E-state index contributed by atoms with van der Waals surface area (Å²) >= 11 is 0. The SMILES string of the molecule is [c]1c(C2CCC2)cccc1C1CCC1. The first-order valence-corrected chi connectivity index (χ1v) is 5.95. The zero-order chi connectivity index (χ0) is 9.38. The first-order valence-electron chi connectivity index (χ1n) is 5.95. The summed E-state index contributed by atoms with van der Waals surface area (Å²) in [5.41, 5.74) is 2.97. The van der Waals surface area contributed by atoms with Crippen LogP contribution < -0.4 is 0 Å². The molecule has 0 spiro atoms. The molecule has 0 nitrogen and oxygen atoms in total. The molecule has 1 radical (unpaired) electrons. The molecule has 0 amide bonds. The topological polar surface area (TPSA) is 0 Å². The molecular formula is C14H17. The van der Waals surface area contributed by atoms with E-state index in [2.05, 4.69) is 24.3 Å². The lowest BCUT2D eigenvalue weighted by atomic mass is 9.76. The van der Waals surface area contributed by atoms with Crippen molar-refractivity contribution in [3.8, 4) is 0 Å². The Bertz CT molecular complexity index is 289. The summed E-state index contributed by atoms with van der Waals surface area (Å²) in [6.45, 7) is 0. The fraction of sp³-hybridized carbons (Fsp3) is 0.571. The molecule has 2 aliphatic carbocycles. The maximum Gasteiger partial charge on any atom is -0.0108 e. The quantitative estimate of drug-likeness (QED) is 0.652. The summed E-state index contributed by atoms with van der Waals surface area (Å²) in [5.74, 6) is 1.69. The lowest BCUT2D eigenvalue weighted by Crippen LogP contribution is -2.12. The zero-order valence-corrected chi connectivity index (χ0v) is 8.63. The molecule has 73 valence electrons. The second-order valence-corrected chi connectivity index (χ2v) is 4.82. The van der Waals surface area contributed by atoms with Gasteiger partial charge in [-0.2, -0.15) is 0 Å². The van der Waals surface area contributed by atoms with E-state index in [0.29, 0.717) is 0 Å². The highest BCUT2D eigenvalue weighted by molar-refractivity contribution is 5.29. The summed E-state index contributed by atoms with van der Waals surface area (Å²) in [5, 5.41) is 0. The summed E-state index contributed by atoms with van der Waals surface area (Å²) in [6.07, 6.45) is 8.42. The van der Waals surface area contributed by atoms with Gasteiger partial charge < -0.3 is 0 Å². The highest BCUT2D eigenvalue weighted by atomic mass is 14.3. The van der Waals surface area contributed by atoms with E-state index in [1.165, 1.54) is 49.7 Å². The van der Waals surface area contributed by atoms with Gasteiger partial charge in [-0.15, -0.1) is 0 Å². The van der Waals surface area contributed by atoms with Gasteiger partial charge in [0, 0.05) is 0 Å². The van der Waals surface area contributed by atoms with Crippen molar-refractivity contribution in [2.45, 2.75) is 50.4 Å². The number of hydrogen-bond donors (Lipinski definition) is 0. The molecule has 2 fully saturated rings. The molecule has 3 rings (SSSR count). The third-order valence-electron chi connectivity index (χ3n) is 3.93. The van der Waals surface area contributed by atoms with Crippen molar-refractivity contribution in [2.24, 2.45) is 0 Å². The van der Waals surface area contributed by atoms with Gasteiger partial charge in [0.2, 0.25) is 0 Å². The Hall–Kier alpha value is -0.780. The fourth-order valence-corrected chi connectivity index (χ4v) is 2.42. The van der Waals surface area contributed by atoms with Crippen LogP contribution in [0.1, 0.15) is 61.5 Å². The van der Waals surface area contributed by atoms with Gasteiger partial charge >= 0.3 is 0 Å². The lowest BCUT2D eigenvalue weighted by molar-refractivity contribution is 0.408. The van der Waals surface area contributed by atoms with Crippen LogP contribution in [0.5, 0.6) is 0 Å². The van der Waals surface area contributed by atoms with Crippen LogP contribution in [0.3, 0.4) is 0 Å². The largest absolute Gasteiger partial charge is 0.0617 e. The summed E-state index contributed by atoms with van der Waals surface area (Å²) in [7, 11) is 0. The number of hydrogen-bond acceptors (Lipinski definition) is 0. The molecule has 0 N–H and O–H groups in total. The summed E-state index contributed by atoms with van der Waals surface area (Å²) in [4.78, 5) is 0. The average Bonchev–Trinajstić information content (AvgIpc) is 1.98. The highest BCUT2D eigenvalue weighted by Crippen LogP contribution is 2.40. The molecule has 2 saturated carbocycles. The molecule has 1 aromatic rings. The van der Waals surface area contributed by atoms with E-state index in [1.54, 1.807) is 0 Å². The smallest absolute Gasteiger partial charge is 0.0108 e. The van der Waals surface area contributed by atoms with Crippen LogP contribution in [0.4, 0.5) is 0 Å². The molecule has 0 aromatic heterocycles.